The fraction of sp³-hybridized carbons (Fsp3) is 0.500. The van der Waals surface area contributed by atoms with Gasteiger partial charge in [-0.15, -0.1) is 0 Å². The van der Waals surface area contributed by atoms with Gasteiger partial charge in [0.2, 0.25) is 0 Å². The molecule has 16 heavy (non-hydrogen) atoms. The van der Waals surface area contributed by atoms with E-state index in [1.54, 1.807) is 0 Å². The van der Waals surface area contributed by atoms with E-state index in [-0.39, 0.29) is 5.41 Å². The predicted octanol–water partition coefficient (Wildman–Crippen LogP) is 3.79. The molecule has 0 bridgehead atoms. The summed E-state index contributed by atoms with van der Waals surface area (Å²) >= 11 is 0. The number of rotatable bonds is 6. The zero-order chi connectivity index (χ0) is 11.9. The number of nitrogens with zero attached hydrogens (tertiary/aromatic N) is 1. The van der Waals surface area contributed by atoms with Gasteiger partial charge < -0.3 is 4.74 Å². The largest absolute Gasteiger partial charge is 0.494 e. The first-order chi connectivity index (χ1) is 7.64. The summed E-state index contributed by atoms with van der Waals surface area (Å²) < 4.78 is 5.57. The van der Waals surface area contributed by atoms with Crippen LogP contribution in [0.15, 0.2) is 30.3 Å². The van der Waals surface area contributed by atoms with Crippen LogP contribution in [0, 0.1) is 16.7 Å². The van der Waals surface area contributed by atoms with Gasteiger partial charge in [-0.25, -0.2) is 0 Å². The third kappa shape index (κ3) is 4.84. The molecule has 0 saturated heterocycles. The van der Waals surface area contributed by atoms with Crippen LogP contribution in [0.2, 0.25) is 0 Å². The van der Waals surface area contributed by atoms with Gasteiger partial charge in [0.05, 0.1) is 18.1 Å². The molecule has 0 radical (unpaired) electrons. The molecule has 0 unspecified atom stereocenters. The number of para-hydroxylation sites is 1. The lowest BCUT2D eigenvalue weighted by atomic mass is 9.89. The second-order valence-electron chi connectivity index (χ2n) is 4.61. The molecule has 0 spiro atoms. The Labute approximate surface area is 97.9 Å². The molecule has 0 aliphatic rings. The minimum Gasteiger partial charge on any atom is -0.494 e. The first-order valence-electron chi connectivity index (χ1n) is 5.73. The van der Waals surface area contributed by atoms with Gasteiger partial charge >= 0.3 is 0 Å². The van der Waals surface area contributed by atoms with Gasteiger partial charge in [0.1, 0.15) is 5.75 Å². The Bertz CT molecular complexity index is 338. The number of ether oxygens (including phenoxy) is 1. The summed E-state index contributed by atoms with van der Waals surface area (Å²) in [4.78, 5) is 0. The molecular weight excluding hydrogens is 198 g/mol. The third-order valence-corrected chi connectivity index (χ3v) is 2.51. The highest BCUT2D eigenvalue weighted by molar-refractivity contribution is 5.20. The topological polar surface area (TPSA) is 33.0 Å². The van der Waals surface area contributed by atoms with Crippen LogP contribution in [0.4, 0.5) is 0 Å². The number of hydrogen-bond acceptors (Lipinski definition) is 2. The first kappa shape index (κ1) is 12.6. The van der Waals surface area contributed by atoms with Crippen LogP contribution in [-0.2, 0) is 0 Å². The Morgan fingerprint density at radius 3 is 2.50 bits per heavy atom. The van der Waals surface area contributed by atoms with Crippen LogP contribution in [0.25, 0.3) is 0 Å². The van der Waals surface area contributed by atoms with E-state index < -0.39 is 0 Å². The Morgan fingerprint density at radius 1 is 1.19 bits per heavy atom. The van der Waals surface area contributed by atoms with E-state index in [0.29, 0.717) is 0 Å². The normalized spacial score (nSPS) is 10.8. The van der Waals surface area contributed by atoms with E-state index in [0.717, 1.165) is 31.6 Å². The molecule has 2 nitrogen and oxygen atoms in total. The summed E-state index contributed by atoms with van der Waals surface area (Å²) in [7, 11) is 0. The van der Waals surface area contributed by atoms with Gasteiger partial charge in [-0.3, -0.25) is 0 Å². The lowest BCUT2D eigenvalue weighted by molar-refractivity contribution is 0.295. The molecule has 0 fully saturated rings. The quantitative estimate of drug-likeness (QED) is 0.679. The van der Waals surface area contributed by atoms with E-state index in [9.17, 15) is 0 Å². The van der Waals surface area contributed by atoms with Crippen LogP contribution >= 0.6 is 0 Å². The van der Waals surface area contributed by atoms with Crippen molar-refractivity contribution in [1.29, 1.82) is 5.26 Å². The number of unbranched alkanes of at least 4 members (excludes halogenated alkanes) is 1. The molecule has 86 valence electrons. The average Bonchev–Trinajstić information content (AvgIpc) is 2.30. The maximum absolute atomic E-state index is 8.85. The molecule has 1 aromatic carbocycles. The average molecular weight is 217 g/mol. The molecule has 0 heterocycles. The smallest absolute Gasteiger partial charge is 0.119 e. The van der Waals surface area contributed by atoms with Crippen molar-refractivity contribution in [3.63, 3.8) is 0 Å². The van der Waals surface area contributed by atoms with Crippen molar-refractivity contribution < 1.29 is 4.74 Å². The number of nitriles is 1. The van der Waals surface area contributed by atoms with Gasteiger partial charge in [0, 0.05) is 0 Å². The first-order valence-corrected chi connectivity index (χ1v) is 5.73. The minimum absolute atomic E-state index is 0.202. The SMILES string of the molecule is CC(C)(C#N)CCCCOc1ccccc1. The predicted molar refractivity (Wildman–Crippen MR) is 65.2 cm³/mol. The van der Waals surface area contributed by atoms with Gasteiger partial charge in [-0.2, -0.15) is 5.26 Å². The summed E-state index contributed by atoms with van der Waals surface area (Å²) in [6.45, 7) is 4.68. The lowest BCUT2D eigenvalue weighted by Crippen LogP contribution is -2.08. The van der Waals surface area contributed by atoms with Gasteiger partial charge in [-0.05, 0) is 45.2 Å². The van der Waals surface area contributed by atoms with E-state index in [1.165, 1.54) is 0 Å². The zero-order valence-electron chi connectivity index (χ0n) is 10.1. The second kappa shape index (κ2) is 6.17. The highest BCUT2D eigenvalue weighted by Gasteiger charge is 2.15. The lowest BCUT2D eigenvalue weighted by Gasteiger charge is -2.14. The van der Waals surface area contributed by atoms with Crippen LogP contribution in [0.1, 0.15) is 33.1 Å². The third-order valence-electron chi connectivity index (χ3n) is 2.51. The van der Waals surface area contributed by atoms with Crippen LogP contribution in [0.3, 0.4) is 0 Å². The van der Waals surface area contributed by atoms with E-state index in [2.05, 4.69) is 6.07 Å². The van der Waals surface area contributed by atoms with Crippen LogP contribution in [0.5, 0.6) is 5.75 Å². The molecule has 2 heteroatoms. The molecule has 0 saturated carbocycles. The van der Waals surface area contributed by atoms with Crippen molar-refractivity contribution in [1.82, 2.24) is 0 Å². The van der Waals surface area contributed by atoms with Crippen molar-refractivity contribution in [2.24, 2.45) is 5.41 Å². The molecule has 0 aliphatic heterocycles. The monoisotopic (exact) mass is 217 g/mol. The summed E-state index contributed by atoms with van der Waals surface area (Å²) in [5.41, 5.74) is -0.202. The summed E-state index contributed by atoms with van der Waals surface area (Å²) in [6.07, 6.45) is 2.97. The van der Waals surface area contributed by atoms with Gasteiger partial charge in [0.25, 0.3) is 0 Å². The Kier molecular flexibility index (Phi) is 4.85. The van der Waals surface area contributed by atoms with Crippen molar-refractivity contribution in [3.05, 3.63) is 30.3 Å². The number of hydrogen-bond donors (Lipinski definition) is 0. The molecule has 0 atom stereocenters. The summed E-state index contributed by atoms with van der Waals surface area (Å²) in [5, 5.41) is 8.85. The molecule has 0 amide bonds. The molecule has 0 aromatic heterocycles. The minimum atomic E-state index is -0.202. The Morgan fingerprint density at radius 2 is 1.88 bits per heavy atom. The van der Waals surface area contributed by atoms with Crippen molar-refractivity contribution >= 4 is 0 Å². The van der Waals surface area contributed by atoms with Gasteiger partial charge in [0.15, 0.2) is 0 Å². The van der Waals surface area contributed by atoms with Crippen molar-refractivity contribution in [2.75, 3.05) is 6.61 Å². The maximum Gasteiger partial charge on any atom is 0.119 e. The van der Waals surface area contributed by atoms with Crippen molar-refractivity contribution in [3.8, 4) is 11.8 Å². The highest BCUT2D eigenvalue weighted by Crippen LogP contribution is 2.21. The van der Waals surface area contributed by atoms with Gasteiger partial charge in [-0.1, -0.05) is 18.2 Å². The summed E-state index contributed by atoms with van der Waals surface area (Å²) in [5.74, 6) is 0.919. The summed E-state index contributed by atoms with van der Waals surface area (Å²) in [6, 6.07) is 12.1. The van der Waals surface area contributed by atoms with E-state index in [1.807, 2.05) is 44.2 Å². The fourth-order valence-corrected chi connectivity index (χ4v) is 1.43. The van der Waals surface area contributed by atoms with Crippen molar-refractivity contribution in [2.45, 2.75) is 33.1 Å². The Hall–Kier alpha value is -1.49. The van der Waals surface area contributed by atoms with Crippen LogP contribution < -0.4 is 4.74 Å². The standard InChI is InChI=1S/C14H19NO/c1-14(2,12-15)10-6-7-11-16-13-8-4-3-5-9-13/h3-5,8-9H,6-7,10-11H2,1-2H3. The molecule has 1 aromatic rings. The highest BCUT2D eigenvalue weighted by atomic mass is 16.5. The van der Waals surface area contributed by atoms with E-state index >= 15 is 0 Å². The fourth-order valence-electron chi connectivity index (χ4n) is 1.43. The molecule has 0 aliphatic carbocycles. The molecular formula is C14H19NO. The van der Waals surface area contributed by atoms with E-state index in [4.69, 9.17) is 10.00 Å². The second-order valence-corrected chi connectivity index (χ2v) is 4.61. The number of benzene rings is 1. The maximum atomic E-state index is 8.85. The Balaban J connectivity index is 2.12. The zero-order valence-corrected chi connectivity index (χ0v) is 10.1. The molecule has 0 N–H and O–H groups in total. The molecule has 1 rings (SSSR count). The van der Waals surface area contributed by atoms with Crippen LogP contribution in [-0.4, -0.2) is 6.61 Å².